The molecule has 266 valence electrons. The van der Waals surface area contributed by atoms with Crippen LogP contribution in [0.25, 0.3) is 6.08 Å². The van der Waals surface area contributed by atoms with Crippen molar-refractivity contribution in [3.63, 3.8) is 0 Å². The molecule has 4 fully saturated rings. The van der Waals surface area contributed by atoms with E-state index in [0.29, 0.717) is 48.6 Å². The number of hydrogen-bond acceptors (Lipinski definition) is 10. The highest BCUT2D eigenvalue weighted by molar-refractivity contribution is 5.98. The highest BCUT2D eigenvalue weighted by Gasteiger charge is 2.45. The largest absolute Gasteiger partial charge is 0.460 e. The highest BCUT2D eigenvalue weighted by atomic mass is 16.7. The Morgan fingerprint density at radius 1 is 1.12 bits per heavy atom. The van der Waals surface area contributed by atoms with Crippen LogP contribution >= 0.6 is 0 Å². The highest BCUT2D eigenvalue weighted by Crippen LogP contribution is 2.40. The van der Waals surface area contributed by atoms with Gasteiger partial charge in [-0.25, -0.2) is 4.79 Å². The van der Waals surface area contributed by atoms with Crippen molar-refractivity contribution in [2.24, 2.45) is 5.92 Å². The molecule has 12 nitrogen and oxygen atoms in total. The number of esters is 2. The van der Waals surface area contributed by atoms with Gasteiger partial charge < -0.3 is 39.0 Å². The molecule has 2 aliphatic carbocycles. The molecule has 1 aromatic carbocycles. The van der Waals surface area contributed by atoms with E-state index in [-0.39, 0.29) is 38.6 Å². The van der Waals surface area contributed by atoms with Crippen LogP contribution in [0.3, 0.4) is 0 Å². The van der Waals surface area contributed by atoms with Gasteiger partial charge in [0.1, 0.15) is 36.7 Å². The lowest BCUT2D eigenvalue weighted by Crippen LogP contribution is -2.51. The summed E-state index contributed by atoms with van der Waals surface area (Å²) in [6.07, 6.45) is 9.55. The first kappa shape index (κ1) is 35.3. The number of amides is 2. The fourth-order valence-electron chi connectivity index (χ4n) is 7.20. The molecular formula is C37H48N2O10. The van der Waals surface area contributed by atoms with Gasteiger partial charge in [-0.2, -0.15) is 0 Å². The number of nitrogens with zero attached hydrogens (tertiary/aromatic N) is 1. The number of carbonyl (C=O) groups excluding carboxylic acids is 4. The third-order valence-electron chi connectivity index (χ3n) is 9.76. The van der Waals surface area contributed by atoms with E-state index in [2.05, 4.69) is 11.4 Å². The van der Waals surface area contributed by atoms with E-state index >= 15 is 0 Å². The van der Waals surface area contributed by atoms with E-state index in [4.69, 9.17) is 23.7 Å². The second-order valence-electron chi connectivity index (χ2n) is 14.7. The Balaban J connectivity index is 1.06. The van der Waals surface area contributed by atoms with E-state index in [0.717, 1.165) is 24.8 Å². The minimum Gasteiger partial charge on any atom is -0.460 e. The van der Waals surface area contributed by atoms with Crippen molar-refractivity contribution in [3.05, 3.63) is 53.1 Å². The van der Waals surface area contributed by atoms with Crippen LogP contribution < -0.4 is 5.32 Å². The predicted octanol–water partition coefficient (Wildman–Crippen LogP) is 3.45. The number of nitrogens with one attached hydrogen (secondary N) is 1. The molecular weight excluding hydrogens is 632 g/mol. The van der Waals surface area contributed by atoms with Crippen molar-refractivity contribution in [3.8, 4) is 0 Å². The van der Waals surface area contributed by atoms with Gasteiger partial charge in [-0.05, 0) is 89.0 Å². The number of benzene rings is 1. The van der Waals surface area contributed by atoms with Gasteiger partial charge in [-0.3, -0.25) is 14.4 Å². The number of carbonyl (C=O) groups is 4. The Labute approximate surface area is 287 Å². The van der Waals surface area contributed by atoms with Gasteiger partial charge in [0.25, 0.3) is 0 Å². The summed E-state index contributed by atoms with van der Waals surface area (Å²) in [5.41, 5.74) is 1.06. The van der Waals surface area contributed by atoms with Gasteiger partial charge in [0.05, 0.1) is 30.4 Å². The molecule has 8 atom stereocenters. The van der Waals surface area contributed by atoms with Crippen LogP contribution in [0.2, 0.25) is 0 Å². The summed E-state index contributed by atoms with van der Waals surface area (Å²) < 4.78 is 28.5. The van der Waals surface area contributed by atoms with E-state index in [1.54, 1.807) is 39.0 Å². The smallest absolute Gasteiger partial charge is 0.338 e. The molecule has 49 heavy (non-hydrogen) atoms. The molecule has 0 aromatic heterocycles. The molecule has 0 spiro atoms. The topological polar surface area (TPSA) is 153 Å². The molecule has 2 N–H and O–H groups in total. The second kappa shape index (κ2) is 15.1. The number of allylic oxidation sites excluding steroid dienone is 1. The van der Waals surface area contributed by atoms with Crippen molar-refractivity contribution in [1.29, 1.82) is 0 Å². The van der Waals surface area contributed by atoms with Gasteiger partial charge in [-0.15, -0.1) is 0 Å². The van der Waals surface area contributed by atoms with Gasteiger partial charge in [0.15, 0.2) is 0 Å². The number of epoxide rings is 1. The van der Waals surface area contributed by atoms with Crippen molar-refractivity contribution in [2.45, 2.75) is 120 Å². The molecule has 3 saturated heterocycles. The molecule has 6 rings (SSSR count). The fourth-order valence-corrected chi connectivity index (χ4v) is 7.20. The van der Waals surface area contributed by atoms with Crippen LogP contribution in [0.4, 0.5) is 0 Å². The summed E-state index contributed by atoms with van der Waals surface area (Å²) in [7, 11) is 0. The monoisotopic (exact) mass is 680 g/mol. The molecule has 0 bridgehead atoms. The number of aliphatic hydroxyl groups excluding tert-OH is 1. The Bertz CT molecular complexity index is 1470. The zero-order valence-corrected chi connectivity index (χ0v) is 28.5. The minimum atomic E-state index is -0.765. The molecule has 5 aliphatic rings. The van der Waals surface area contributed by atoms with Gasteiger partial charge in [0.2, 0.25) is 11.8 Å². The lowest BCUT2D eigenvalue weighted by Gasteiger charge is -2.33. The number of rotatable bonds is 11. The number of hydrogen-bond donors (Lipinski definition) is 2. The molecule has 0 radical (unpaired) electrons. The SMILES string of the molecule is CC(C)(C)OC(=O)CC[C@@H](CO)NC(=O)[C@H]1CCCN1C(=O)C1=C[C@H]2OCO[C@H]2[C@H](OC(=O)c2cccc(C=CC3CCC4OC4C3)c2)C1. The molecule has 3 aliphatic heterocycles. The summed E-state index contributed by atoms with van der Waals surface area (Å²) in [6, 6.07) is 5.86. The first-order chi connectivity index (χ1) is 23.5. The van der Waals surface area contributed by atoms with E-state index < -0.39 is 53.8 Å². The molecule has 2 amide bonds. The molecule has 3 unspecified atom stereocenters. The quantitative estimate of drug-likeness (QED) is 0.263. The third-order valence-corrected chi connectivity index (χ3v) is 9.76. The summed E-state index contributed by atoms with van der Waals surface area (Å²) in [5.74, 6) is -1.20. The van der Waals surface area contributed by atoms with Crippen molar-refractivity contribution < 1.29 is 48.0 Å². The number of aliphatic hydroxyl groups is 1. The average molecular weight is 681 g/mol. The van der Waals surface area contributed by atoms with Crippen LogP contribution in [-0.2, 0) is 38.1 Å². The third kappa shape index (κ3) is 8.97. The van der Waals surface area contributed by atoms with E-state index in [1.165, 1.54) is 4.90 Å². The Morgan fingerprint density at radius 2 is 1.96 bits per heavy atom. The summed E-state index contributed by atoms with van der Waals surface area (Å²) in [6.45, 7) is 5.35. The van der Waals surface area contributed by atoms with Gasteiger partial charge >= 0.3 is 11.9 Å². The number of fused-ring (bicyclic) bond motifs is 2. The zero-order valence-electron chi connectivity index (χ0n) is 28.5. The van der Waals surface area contributed by atoms with Crippen LogP contribution in [-0.4, -0.2) is 102 Å². The van der Waals surface area contributed by atoms with Crippen molar-refractivity contribution >= 4 is 29.8 Å². The minimum absolute atomic E-state index is 0.00995. The standard InChI is InChI=1S/C37H48N2O10/c1-37(2,3)49-32(41)14-12-26(20-40)38-34(42)27-8-5-15-39(27)35(43)25-18-30-33(46-21-45-30)31(19-25)48-36(44)24-7-4-6-22(16-24)9-10-23-11-13-28-29(17-23)47-28/h4,6-7,9-10,16,18,23,26-31,33,40H,5,8,11-15,17,19-21H2,1-3H3,(H,38,42)/t23?,26-,27+,28?,29?,30+,31+,33+/m0/s1. The number of ether oxygens (including phenoxy) is 5. The molecule has 3 heterocycles. The first-order valence-corrected chi connectivity index (χ1v) is 17.5. The van der Waals surface area contributed by atoms with Gasteiger partial charge in [0, 0.05) is 25.0 Å². The van der Waals surface area contributed by atoms with Crippen LogP contribution in [0, 0.1) is 5.92 Å². The second-order valence-corrected chi connectivity index (χ2v) is 14.7. The summed E-state index contributed by atoms with van der Waals surface area (Å²) in [5, 5.41) is 12.7. The molecule has 12 heteroatoms. The van der Waals surface area contributed by atoms with Crippen molar-refractivity contribution in [2.75, 3.05) is 19.9 Å². The summed E-state index contributed by atoms with van der Waals surface area (Å²) >= 11 is 0. The first-order valence-electron chi connectivity index (χ1n) is 17.5. The molecule has 1 saturated carbocycles. The Morgan fingerprint density at radius 3 is 2.73 bits per heavy atom. The lowest BCUT2D eigenvalue weighted by atomic mass is 9.88. The van der Waals surface area contributed by atoms with Gasteiger partial charge in [-0.1, -0.05) is 24.3 Å². The van der Waals surface area contributed by atoms with E-state index in [1.807, 2.05) is 18.2 Å². The Kier molecular flexibility index (Phi) is 10.9. The van der Waals surface area contributed by atoms with Crippen LogP contribution in [0.5, 0.6) is 0 Å². The van der Waals surface area contributed by atoms with E-state index in [9.17, 15) is 24.3 Å². The Hall–Kier alpha value is -3.58. The number of likely N-dealkylation sites (tertiary alicyclic amines) is 1. The summed E-state index contributed by atoms with van der Waals surface area (Å²) in [4.78, 5) is 54.3. The zero-order chi connectivity index (χ0) is 34.7. The van der Waals surface area contributed by atoms with Crippen LogP contribution in [0.1, 0.15) is 88.1 Å². The fraction of sp³-hybridized carbons (Fsp3) is 0.622. The van der Waals surface area contributed by atoms with Crippen molar-refractivity contribution in [1.82, 2.24) is 10.2 Å². The lowest BCUT2D eigenvalue weighted by molar-refractivity contribution is -0.155. The average Bonchev–Trinajstić information content (AvgIpc) is 3.41. The molecule has 1 aromatic rings. The maximum absolute atomic E-state index is 13.9. The normalized spacial score (nSPS) is 29.8. The predicted molar refractivity (Wildman–Crippen MR) is 177 cm³/mol. The van der Waals surface area contributed by atoms with Crippen LogP contribution in [0.15, 0.2) is 42.0 Å². The maximum Gasteiger partial charge on any atom is 0.338 e. The maximum atomic E-state index is 13.9.